The molecule has 6 nitrogen and oxygen atoms in total. The zero-order chi connectivity index (χ0) is 17.1. The zero-order valence-corrected chi connectivity index (χ0v) is 13.5. The van der Waals surface area contributed by atoms with Gasteiger partial charge in [-0.25, -0.2) is 0 Å². The van der Waals surface area contributed by atoms with E-state index in [0.29, 0.717) is 17.2 Å². The number of nitrogens with zero attached hydrogens (tertiary/aromatic N) is 3. The first-order chi connectivity index (χ1) is 11.5. The third-order valence-electron chi connectivity index (χ3n) is 3.78. The number of aromatic nitrogens is 3. The van der Waals surface area contributed by atoms with Crippen LogP contribution in [0.4, 0.5) is 5.69 Å². The fraction of sp³-hybridized carbons (Fsp3) is 0.167. The van der Waals surface area contributed by atoms with E-state index in [1.807, 2.05) is 18.2 Å². The van der Waals surface area contributed by atoms with Crippen LogP contribution in [0.1, 0.15) is 35.7 Å². The summed E-state index contributed by atoms with van der Waals surface area (Å²) < 4.78 is 1.75. The standard InChI is InChI=1S/C18H18N4O2/c1-12(2)14-5-8-17(23)16(9-14)21-18(24)13-3-6-15(7-4-13)22-10-19-20-11-22/h3-12,23H,1-2H3,(H,21,24). The van der Waals surface area contributed by atoms with Gasteiger partial charge in [0.05, 0.1) is 5.69 Å². The molecule has 0 aliphatic heterocycles. The minimum atomic E-state index is -0.276. The van der Waals surface area contributed by atoms with Crippen molar-refractivity contribution in [3.63, 3.8) is 0 Å². The van der Waals surface area contributed by atoms with Gasteiger partial charge in [0.15, 0.2) is 0 Å². The van der Waals surface area contributed by atoms with E-state index in [0.717, 1.165) is 11.3 Å². The monoisotopic (exact) mass is 322 g/mol. The first kappa shape index (κ1) is 15.7. The second-order valence-electron chi connectivity index (χ2n) is 5.80. The Bertz CT molecular complexity index is 840. The highest BCUT2D eigenvalue weighted by molar-refractivity contribution is 6.05. The van der Waals surface area contributed by atoms with E-state index in [9.17, 15) is 9.90 Å². The number of anilines is 1. The number of amides is 1. The van der Waals surface area contributed by atoms with E-state index < -0.39 is 0 Å². The van der Waals surface area contributed by atoms with Crippen molar-refractivity contribution >= 4 is 11.6 Å². The van der Waals surface area contributed by atoms with Crippen molar-refractivity contribution in [2.75, 3.05) is 5.32 Å². The first-order valence-corrected chi connectivity index (χ1v) is 7.64. The molecule has 3 rings (SSSR count). The molecule has 1 heterocycles. The van der Waals surface area contributed by atoms with Crippen molar-refractivity contribution in [3.05, 3.63) is 66.2 Å². The van der Waals surface area contributed by atoms with Gasteiger partial charge in [-0.1, -0.05) is 19.9 Å². The molecule has 1 amide bonds. The van der Waals surface area contributed by atoms with Crippen molar-refractivity contribution in [2.24, 2.45) is 0 Å². The lowest BCUT2D eigenvalue weighted by atomic mass is 10.0. The number of phenolic OH excluding ortho intramolecular Hbond substituents is 1. The quantitative estimate of drug-likeness (QED) is 0.722. The largest absolute Gasteiger partial charge is 0.506 e. The summed E-state index contributed by atoms with van der Waals surface area (Å²) >= 11 is 0. The van der Waals surface area contributed by atoms with E-state index in [-0.39, 0.29) is 11.7 Å². The number of carbonyl (C=O) groups is 1. The van der Waals surface area contributed by atoms with Crippen LogP contribution in [0.25, 0.3) is 5.69 Å². The number of nitrogens with one attached hydrogen (secondary N) is 1. The lowest BCUT2D eigenvalue weighted by Gasteiger charge is -2.12. The topological polar surface area (TPSA) is 80.0 Å². The number of phenols is 1. The summed E-state index contributed by atoms with van der Waals surface area (Å²) in [6.07, 6.45) is 3.18. The van der Waals surface area contributed by atoms with Gasteiger partial charge in [-0.2, -0.15) is 0 Å². The third kappa shape index (κ3) is 3.27. The van der Waals surface area contributed by atoms with Gasteiger partial charge in [-0.15, -0.1) is 10.2 Å². The first-order valence-electron chi connectivity index (χ1n) is 7.64. The molecular weight excluding hydrogens is 304 g/mol. The molecule has 24 heavy (non-hydrogen) atoms. The summed E-state index contributed by atoms with van der Waals surface area (Å²) in [5.41, 5.74) is 2.82. The van der Waals surface area contributed by atoms with E-state index in [1.54, 1.807) is 41.5 Å². The Balaban J connectivity index is 1.79. The van der Waals surface area contributed by atoms with E-state index >= 15 is 0 Å². The molecule has 0 radical (unpaired) electrons. The van der Waals surface area contributed by atoms with Crippen LogP contribution in [0.15, 0.2) is 55.1 Å². The number of carbonyl (C=O) groups excluding carboxylic acids is 1. The average molecular weight is 322 g/mol. The summed E-state index contributed by atoms with van der Waals surface area (Å²) in [6, 6.07) is 12.3. The molecule has 0 fully saturated rings. The van der Waals surface area contributed by atoms with Gasteiger partial charge in [-0.3, -0.25) is 9.36 Å². The molecule has 2 N–H and O–H groups in total. The second-order valence-corrected chi connectivity index (χ2v) is 5.80. The Hall–Kier alpha value is -3.15. The SMILES string of the molecule is CC(C)c1ccc(O)c(NC(=O)c2ccc(-n3cnnc3)cc2)c1. The number of rotatable bonds is 4. The summed E-state index contributed by atoms with van der Waals surface area (Å²) in [4.78, 5) is 12.4. The molecule has 1 aromatic heterocycles. The van der Waals surface area contributed by atoms with Crippen LogP contribution < -0.4 is 5.32 Å². The van der Waals surface area contributed by atoms with Gasteiger partial charge >= 0.3 is 0 Å². The minimum Gasteiger partial charge on any atom is -0.506 e. The maximum Gasteiger partial charge on any atom is 0.255 e. The lowest BCUT2D eigenvalue weighted by Crippen LogP contribution is -2.12. The molecule has 0 bridgehead atoms. The Kier molecular flexibility index (Phi) is 4.29. The van der Waals surface area contributed by atoms with Crippen molar-refractivity contribution in [1.29, 1.82) is 0 Å². The molecule has 0 aliphatic carbocycles. The van der Waals surface area contributed by atoms with Gasteiger partial charge in [0, 0.05) is 11.3 Å². The van der Waals surface area contributed by atoms with Gasteiger partial charge in [0.2, 0.25) is 0 Å². The summed E-state index contributed by atoms with van der Waals surface area (Å²) in [6.45, 7) is 4.11. The van der Waals surface area contributed by atoms with Crippen LogP contribution in [0.3, 0.4) is 0 Å². The molecule has 0 saturated carbocycles. The molecular formula is C18H18N4O2. The molecule has 3 aromatic rings. The van der Waals surface area contributed by atoms with E-state index in [1.165, 1.54) is 0 Å². The van der Waals surface area contributed by atoms with E-state index in [2.05, 4.69) is 29.4 Å². The third-order valence-corrected chi connectivity index (χ3v) is 3.78. The van der Waals surface area contributed by atoms with Crippen LogP contribution in [0.2, 0.25) is 0 Å². The molecule has 0 atom stereocenters. The zero-order valence-electron chi connectivity index (χ0n) is 13.5. The average Bonchev–Trinajstić information content (AvgIpc) is 3.11. The maximum atomic E-state index is 12.4. The molecule has 0 saturated heterocycles. The fourth-order valence-corrected chi connectivity index (χ4v) is 2.33. The number of benzene rings is 2. The Labute approximate surface area is 139 Å². The number of hydrogen-bond donors (Lipinski definition) is 2. The molecule has 6 heteroatoms. The van der Waals surface area contributed by atoms with Gasteiger partial charge < -0.3 is 10.4 Å². The predicted octanol–water partition coefficient (Wildman–Crippen LogP) is 3.35. The van der Waals surface area contributed by atoms with Crippen LogP contribution >= 0.6 is 0 Å². The summed E-state index contributed by atoms with van der Waals surface area (Å²) in [5.74, 6) is 0.0831. The number of hydrogen-bond acceptors (Lipinski definition) is 4. The van der Waals surface area contributed by atoms with Crippen LogP contribution in [0.5, 0.6) is 5.75 Å². The fourth-order valence-electron chi connectivity index (χ4n) is 2.33. The van der Waals surface area contributed by atoms with Gasteiger partial charge in [0.1, 0.15) is 18.4 Å². The Morgan fingerprint density at radius 1 is 1.08 bits per heavy atom. The predicted molar refractivity (Wildman–Crippen MR) is 91.5 cm³/mol. The molecule has 0 unspecified atom stereocenters. The Morgan fingerprint density at radius 2 is 1.75 bits per heavy atom. The highest BCUT2D eigenvalue weighted by Crippen LogP contribution is 2.28. The van der Waals surface area contributed by atoms with Crippen molar-refractivity contribution in [2.45, 2.75) is 19.8 Å². The minimum absolute atomic E-state index is 0.0499. The molecule has 122 valence electrons. The van der Waals surface area contributed by atoms with Crippen LogP contribution in [-0.2, 0) is 0 Å². The Morgan fingerprint density at radius 3 is 2.38 bits per heavy atom. The summed E-state index contributed by atoms with van der Waals surface area (Å²) in [5, 5.41) is 20.2. The smallest absolute Gasteiger partial charge is 0.255 e. The molecule has 0 aliphatic rings. The van der Waals surface area contributed by atoms with Crippen molar-refractivity contribution in [1.82, 2.24) is 14.8 Å². The van der Waals surface area contributed by atoms with Gasteiger partial charge in [-0.05, 0) is 47.9 Å². The highest BCUT2D eigenvalue weighted by atomic mass is 16.3. The van der Waals surface area contributed by atoms with Crippen molar-refractivity contribution < 1.29 is 9.90 Å². The maximum absolute atomic E-state index is 12.4. The second kappa shape index (κ2) is 6.54. The normalized spacial score (nSPS) is 10.8. The van der Waals surface area contributed by atoms with Crippen LogP contribution in [-0.4, -0.2) is 25.8 Å². The summed E-state index contributed by atoms with van der Waals surface area (Å²) in [7, 11) is 0. The number of aromatic hydroxyl groups is 1. The molecule has 2 aromatic carbocycles. The van der Waals surface area contributed by atoms with E-state index in [4.69, 9.17) is 0 Å². The van der Waals surface area contributed by atoms with Gasteiger partial charge in [0.25, 0.3) is 5.91 Å². The molecule has 0 spiro atoms. The lowest BCUT2D eigenvalue weighted by molar-refractivity contribution is 0.102. The highest BCUT2D eigenvalue weighted by Gasteiger charge is 2.11. The van der Waals surface area contributed by atoms with Crippen molar-refractivity contribution in [3.8, 4) is 11.4 Å². The van der Waals surface area contributed by atoms with Crippen LogP contribution in [0, 0.1) is 0 Å².